The van der Waals surface area contributed by atoms with Crippen LogP contribution >= 0.6 is 0 Å². The van der Waals surface area contributed by atoms with Crippen molar-refractivity contribution in [2.75, 3.05) is 0 Å². The molecule has 3 heteroatoms. The third kappa shape index (κ3) is 3.64. The maximum Gasteiger partial charge on any atom is 0.180 e. The fourth-order valence-electron chi connectivity index (χ4n) is 2.96. The minimum absolute atomic E-state index is 0.137. The molecule has 3 atom stereocenters. The summed E-state index contributed by atoms with van der Waals surface area (Å²) in [6, 6.07) is 6.35. The third-order valence-electron chi connectivity index (χ3n) is 4.95. The first-order chi connectivity index (χ1) is 10.0. The van der Waals surface area contributed by atoms with E-state index in [1.54, 1.807) is 0 Å². The zero-order valence-electron chi connectivity index (χ0n) is 15.2. The van der Waals surface area contributed by atoms with Crippen LogP contribution in [0.1, 0.15) is 76.9 Å². The number of hydrogen-bond donors (Lipinski definition) is 1. The lowest BCUT2D eigenvalue weighted by Crippen LogP contribution is -2.27. The molecule has 0 saturated carbocycles. The van der Waals surface area contributed by atoms with Gasteiger partial charge in [0.1, 0.15) is 0 Å². The quantitative estimate of drug-likeness (QED) is 0.801. The van der Waals surface area contributed by atoms with E-state index in [1.165, 1.54) is 11.1 Å². The molecule has 2 rings (SSSR count). The topological polar surface area (TPSA) is 29.5 Å². The average Bonchev–Trinajstić information content (AvgIpc) is 2.79. The number of rotatable bonds is 3. The molecule has 22 heavy (non-hydrogen) atoms. The van der Waals surface area contributed by atoms with Crippen molar-refractivity contribution in [1.29, 1.82) is 0 Å². The highest BCUT2D eigenvalue weighted by atomic mass is 28.3. The lowest BCUT2D eigenvalue weighted by Gasteiger charge is -2.30. The van der Waals surface area contributed by atoms with Gasteiger partial charge in [-0.15, -0.1) is 0 Å². The van der Waals surface area contributed by atoms with Crippen LogP contribution < -0.4 is 0 Å². The zero-order valence-corrected chi connectivity index (χ0v) is 16.4. The Kier molecular flexibility index (Phi) is 4.91. The molecule has 0 aliphatic heterocycles. The molecule has 1 aromatic rings. The Morgan fingerprint density at radius 3 is 2.36 bits per heavy atom. The van der Waals surface area contributed by atoms with Gasteiger partial charge in [0.15, 0.2) is 9.04 Å². The van der Waals surface area contributed by atoms with E-state index in [4.69, 9.17) is 4.43 Å². The summed E-state index contributed by atoms with van der Waals surface area (Å²) < 4.78 is 6.48. The van der Waals surface area contributed by atoms with Gasteiger partial charge in [-0.25, -0.2) is 0 Å². The van der Waals surface area contributed by atoms with E-state index in [0.717, 1.165) is 18.4 Å². The van der Waals surface area contributed by atoms with Crippen LogP contribution in [0.4, 0.5) is 0 Å². The number of hydrogen-bond acceptors (Lipinski definition) is 2. The Labute approximate surface area is 137 Å². The minimum Gasteiger partial charge on any atom is -0.413 e. The first-order valence-electron chi connectivity index (χ1n) is 8.47. The van der Waals surface area contributed by atoms with E-state index in [9.17, 15) is 5.11 Å². The summed E-state index contributed by atoms with van der Waals surface area (Å²) >= 11 is 0. The average molecular weight is 321 g/mol. The molecule has 2 nitrogen and oxygen atoms in total. The lowest BCUT2D eigenvalue weighted by atomic mass is 9.82. The highest BCUT2D eigenvalue weighted by molar-refractivity contribution is 6.53. The number of aliphatic hydroxyl groups excluding tert-OH is 1. The minimum atomic E-state index is -1.24. The Balaban J connectivity index is 2.27. The van der Waals surface area contributed by atoms with Crippen LogP contribution in [0.25, 0.3) is 0 Å². The first kappa shape index (κ1) is 17.7. The summed E-state index contributed by atoms with van der Waals surface area (Å²) in [6.45, 7) is 15.4. The van der Waals surface area contributed by atoms with Crippen LogP contribution in [0.15, 0.2) is 18.2 Å². The summed E-state index contributed by atoms with van der Waals surface area (Å²) in [7, 11) is -1.24. The molecule has 0 fully saturated rings. The van der Waals surface area contributed by atoms with Crippen molar-refractivity contribution >= 4 is 9.04 Å². The van der Waals surface area contributed by atoms with Gasteiger partial charge in [-0.05, 0) is 46.5 Å². The molecule has 0 saturated heterocycles. The largest absolute Gasteiger partial charge is 0.413 e. The summed E-state index contributed by atoms with van der Waals surface area (Å²) in [5.41, 5.74) is 3.59. The zero-order chi connectivity index (χ0) is 16.7. The fraction of sp³-hybridized carbons (Fsp3) is 0.684. The molecule has 2 unspecified atom stereocenters. The molecule has 0 radical (unpaired) electrons. The van der Waals surface area contributed by atoms with E-state index < -0.39 is 15.1 Å². The van der Waals surface area contributed by atoms with E-state index >= 15 is 0 Å². The smallest absolute Gasteiger partial charge is 0.180 e. The first-order valence-corrected chi connectivity index (χ1v) is 10.7. The van der Waals surface area contributed by atoms with Gasteiger partial charge < -0.3 is 9.53 Å². The molecule has 0 heterocycles. The Morgan fingerprint density at radius 1 is 1.18 bits per heavy atom. The molecule has 0 bridgehead atoms. The van der Waals surface area contributed by atoms with Gasteiger partial charge in [-0.1, -0.05) is 59.7 Å². The number of aliphatic hydroxyl groups is 1. The third-order valence-corrected chi connectivity index (χ3v) is 8.13. The summed E-state index contributed by atoms with van der Waals surface area (Å²) in [6.07, 6.45) is 1.88. The van der Waals surface area contributed by atoms with E-state index in [-0.39, 0.29) is 16.6 Å². The van der Waals surface area contributed by atoms with Gasteiger partial charge >= 0.3 is 0 Å². The molecule has 1 aliphatic rings. The summed E-state index contributed by atoms with van der Waals surface area (Å²) in [4.78, 5) is 0. The fourth-order valence-corrected chi connectivity index (χ4v) is 4.14. The molecule has 0 spiro atoms. The maximum atomic E-state index is 10.7. The van der Waals surface area contributed by atoms with Crippen molar-refractivity contribution < 1.29 is 9.53 Å². The molecule has 1 aliphatic carbocycles. The summed E-state index contributed by atoms with van der Waals surface area (Å²) in [5, 5.41) is 11.0. The lowest BCUT2D eigenvalue weighted by molar-refractivity contribution is 0.0619. The molecule has 124 valence electrons. The number of fused-ring (bicyclic) bond motifs is 1. The second-order valence-corrected chi connectivity index (χ2v) is 12.1. The SMILES string of the molecule is C[SiH](O[C@H]1CCc2c(C(O)C(C)(C)C)cccc21)C(C)(C)C. The molecule has 1 N–H and O–H groups in total. The van der Waals surface area contributed by atoms with Gasteiger partial charge in [-0.3, -0.25) is 0 Å². The normalized spacial score (nSPS) is 21.5. The predicted molar refractivity (Wildman–Crippen MR) is 95.7 cm³/mol. The number of benzene rings is 1. The van der Waals surface area contributed by atoms with Crippen molar-refractivity contribution in [1.82, 2.24) is 0 Å². The van der Waals surface area contributed by atoms with Crippen LogP contribution in [0.3, 0.4) is 0 Å². The van der Waals surface area contributed by atoms with Crippen LogP contribution in [0, 0.1) is 5.41 Å². The van der Waals surface area contributed by atoms with Crippen LogP contribution in [0.5, 0.6) is 0 Å². The van der Waals surface area contributed by atoms with Crippen molar-refractivity contribution in [3.63, 3.8) is 0 Å². The van der Waals surface area contributed by atoms with Crippen molar-refractivity contribution in [2.45, 2.75) is 78.2 Å². The molecule has 0 aromatic heterocycles. The predicted octanol–water partition coefficient (Wildman–Crippen LogP) is 4.92. The van der Waals surface area contributed by atoms with Gasteiger partial charge in [0, 0.05) is 0 Å². The molecule has 1 aromatic carbocycles. The van der Waals surface area contributed by atoms with Crippen LogP contribution in [-0.4, -0.2) is 14.1 Å². The highest BCUT2D eigenvalue weighted by Crippen LogP contribution is 2.43. The van der Waals surface area contributed by atoms with Gasteiger partial charge in [0.05, 0.1) is 12.2 Å². The Bertz CT molecular complexity index is 525. The van der Waals surface area contributed by atoms with E-state index in [2.05, 4.69) is 66.3 Å². The molecular formula is C19H32O2Si. The molecule has 0 amide bonds. The van der Waals surface area contributed by atoms with E-state index in [0.29, 0.717) is 0 Å². The van der Waals surface area contributed by atoms with Gasteiger partial charge in [0.25, 0.3) is 0 Å². The second-order valence-electron chi connectivity index (χ2n) is 8.86. The van der Waals surface area contributed by atoms with Crippen molar-refractivity contribution in [3.05, 3.63) is 34.9 Å². The van der Waals surface area contributed by atoms with Crippen LogP contribution in [-0.2, 0) is 10.8 Å². The van der Waals surface area contributed by atoms with Crippen LogP contribution in [0.2, 0.25) is 11.6 Å². The van der Waals surface area contributed by atoms with Gasteiger partial charge in [-0.2, -0.15) is 0 Å². The Morgan fingerprint density at radius 2 is 1.82 bits per heavy atom. The van der Waals surface area contributed by atoms with Gasteiger partial charge in [0.2, 0.25) is 0 Å². The Hall–Kier alpha value is -0.643. The standard InChI is InChI=1S/C19H32O2Si/c1-18(2,3)17(20)15-10-8-9-14-13(15)11-12-16(14)21-22(7)19(4,5)6/h8-10,16-17,20,22H,11-12H2,1-7H3/t16-,17?,22?/m0/s1. The van der Waals surface area contributed by atoms with Crippen molar-refractivity contribution in [2.24, 2.45) is 5.41 Å². The highest BCUT2D eigenvalue weighted by Gasteiger charge is 2.34. The summed E-state index contributed by atoms with van der Waals surface area (Å²) in [5.74, 6) is 0. The monoisotopic (exact) mass is 320 g/mol. The van der Waals surface area contributed by atoms with Crippen molar-refractivity contribution in [3.8, 4) is 0 Å². The van der Waals surface area contributed by atoms with E-state index in [1.807, 2.05) is 0 Å². The maximum absolute atomic E-state index is 10.7. The molecular weight excluding hydrogens is 288 g/mol. The second kappa shape index (κ2) is 6.10.